The Morgan fingerprint density at radius 2 is 1.80 bits per heavy atom. The first-order valence-corrected chi connectivity index (χ1v) is 9.46. The predicted octanol–water partition coefficient (Wildman–Crippen LogP) is 2.97. The van der Waals surface area contributed by atoms with E-state index >= 15 is 0 Å². The second kappa shape index (κ2) is 8.68. The SMILES string of the molecule is O=C(CC1CCCCO1)N1CCCN(C(=O)c2ccccc2Cl)CC1. The second-order valence-corrected chi connectivity index (χ2v) is 7.11. The van der Waals surface area contributed by atoms with E-state index in [2.05, 4.69) is 0 Å². The number of carbonyl (C=O) groups is 2. The van der Waals surface area contributed by atoms with Crippen molar-refractivity contribution in [3.8, 4) is 0 Å². The molecule has 1 aromatic carbocycles. The summed E-state index contributed by atoms with van der Waals surface area (Å²) in [6.45, 7) is 3.22. The van der Waals surface area contributed by atoms with Crippen LogP contribution in [0.25, 0.3) is 0 Å². The lowest BCUT2D eigenvalue weighted by Crippen LogP contribution is -2.39. The normalized spacial score (nSPS) is 21.7. The average Bonchev–Trinajstić information content (AvgIpc) is 2.89. The molecule has 2 fully saturated rings. The van der Waals surface area contributed by atoms with Gasteiger partial charge in [0.1, 0.15) is 0 Å². The number of benzene rings is 1. The second-order valence-electron chi connectivity index (χ2n) is 6.70. The number of hydrogen-bond acceptors (Lipinski definition) is 3. The minimum absolute atomic E-state index is 0.0597. The number of carbonyl (C=O) groups excluding carboxylic acids is 2. The van der Waals surface area contributed by atoms with E-state index in [1.807, 2.05) is 17.0 Å². The molecule has 25 heavy (non-hydrogen) atoms. The minimum atomic E-state index is -0.0597. The zero-order valence-electron chi connectivity index (χ0n) is 14.5. The number of rotatable bonds is 3. The quantitative estimate of drug-likeness (QED) is 0.828. The zero-order chi connectivity index (χ0) is 17.6. The van der Waals surface area contributed by atoms with Gasteiger partial charge in [0.25, 0.3) is 5.91 Å². The first kappa shape index (κ1) is 18.2. The zero-order valence-corrected chi connectivity index (χ0v) is 15.2. The van der Waals surface area contributed by atoms with Gasteiger partial charge in [-0.3, -0.25) is 9.59 Å². The number of hydrogen-bond donors (Lipinski definition) is 0. The van der Waals surface area contributed by atoms with E-state index in [0.717, 1.165) is 32.3 Å². The summed E-state index contributed by atoms with van der Waals surface area (Å²) in [6, 6.07) is 7.11. The molecule has 0 saturated carbocycles. The smallest absolute Gasteiger partial charge is 0.255 e. The van der Waals surface area contributed by atoms with E-state index in [9.17, 15) is 9.59 Å². The third-order valence-electron chi connectivity index (χ3n) is 4.92. The van der Waals surface area contributed by atoms with E-state index < -0.39 is 0 Å². The van der Waals surface area contributed by atoms with Crippen molar-refractivity contribution in [3.05, 3.63) is 34.9 Å². The Labute approximate surface area is 153 Å². The van der Waals surface area contributed by atoms with Gasteiger partial charge >= 0.3 is 0 Å². The van der Waals surface area contributed by atoms with Crippen LogP contribution in [0.1, 0.15) is 42.5 Å². The summed E-state index contributed by atoms with van der Waals surface area (Å²) in [7, 11) is 0. The molecule has 0 bridgehead atoms. The number of ether oxygens (including phenoxy) is 1. The van der Waals surface area contributed by atoms with E-state index in [0.29, 0.717) is 43.2 Å². The maximum atomic E-state index is 12.7. The van der Waals surface area contributed by atoms with Gasteiger partial charge in [0.2, 0.25) is 5.91 Å². The topological polar surface area (TPSA) is 49.9 Å². The minimum Gasteiger partial charge on any atom is -0.378 e. The Morgan fingerprint density at radius 1 is 1.04 bits per heavy atom. The van der Waals surface area contributed by atoms with Crippen molar-refractivity contribution in [2.45, 2.75) is 38.2 Å². The van der Waals surface area contributed by atoms with E-state index in [1.165, 1.54) is 0 Å². The standard InChI is InChI=1S/C19H25ClN2O3/c20-17-8-2-1-7-16(17)19(24)22-10-5-9-21(11-12-22)18(23)14-15-6-3-4-13-25-15/h1-2,7-8,15H,3-6,9-14H2. The average molecular weight is 365 g/mol. The van der Waals surface area contributed by atoms with Crippen LogP contribution in [0, 0.1) is 0 Å². The first-order valence-electron chi connectivity index (χ1n) is 9.08. The highest BCUT2D eigenvalue weighted by molar-refractivity contribution is 6.33. The van der Waals surface area contributed by atoms with Crippen molar-refractivity contribution in [2.75, 3.05) is 32.8 Å². The van der Waals surface area contributed by atoms with Crippen molar-refractivity contribution < 1.29 is 14.3 Å². The molecule has 2 heterocycles. The fourth-order valence-electron chi connectivity index (χ4n) is 3.47. The molecule has 2 aliphatic heterocycles. The molecular weight excluding hydrogens is 340 g/mol. The molecule has 0 N–H and O–H groups in total. The molecule has 5 nitrogen and oxygen atoms in total. The lowest BCUT2D eigenvalue weighted by atomic mass is 10.1. The van der Waals surface area contributed by atoms with Crippen molar-refractivity contribution in [2.24, 2.45) is 0 Å². The van der Waals surface area contributed by atoms with Crippen LogP contribution < -0.4 is 0 Å². The van der Waals surface area contributed by atoms with Gasteiger partial charge in [0, 0.05) is 32.8 Å². The van der Waals surface area contributed by atoms with Gasteiger partial charge in [-0.1, -0.05) is 23.7 Å². The van der Waals surface area contributed by atoms with Crippen LogP contribution >= 0.6 is 11.6 Å². The number of nitrogens with zero attached hydrogens (tertiary/aromatic N) is 2. The van der Waals surface area contributed by atoms with Crippen LogP contribution in [0.3, 0.4) is 0 Å². The van der Waals surface area contributed by atoms with Crippen LogP contribution in [-0.4, -0.2) is 60.5 Å². The molecule has 136 valence electrons. The third-order valence-corrected chi connectivity index (χ3v) is 5.25. The molecule has 0 aliphatic carbocycles. The highest BCUT2D eigenvalue weighted by Crippen LogP contribution is 2.20. The Balaban J connectivity index is 1.55. The van der Waals surface area contributed by atoms with Gasteiger partial charge < -0.3 is 14.5 Å². The van der Waals surface area contributed by atoms with Crippen molar-refractivity contribution in [1.29, 1.82) is 0 Å². The summed E-state index contributed by atoms with van der Waals surface area (Å²) >= 11 is 6.14. The molecule has 1 atom stereocenters. The molecule has 0 aromatic heterocycles. The molecular formula is C19H25ClN2O3. The van der Waals surface area contributed by atoms with Gasteiger partial charge in [-0.05, 0) is 37.8 Å². The van der Waals surface area contributed by atoms with Crippen molar-refractivity contribution in [1.82, 2.24) is 9.80 Å². The largest absolute Gasteiger partial charge is 0.378 e. The predicted molar refractivity (Wildman–Crippen MR) is 96.8 cm³/mol. The summed E-state index contributed by atoms with van der Waals surface area (Å²) in [5.41, 5.74) is 0.527. The van der Waals surface area contributed by atoms with Crippen LogP contribution in [-0.2, 0) is 9.53 Å². The van der Waals surface area contributed by atoms with Crippen LogP contribution in [0.5, 0.6) is 0 Å². The van der Waals surface area contributed by atoms with Crippen LogP contribution in [0.4, 0.5) is 0 Å². The van der Waals surface area contributed by atoms with Gasteiger partial charge in [-0.2, -0.15) is 0 Å². The van der Waals surface area contributed by atoms with Crippen LogP contribution in [0.15, 0.2) is 24.3 Å². The van der Waals surface area contributed by atoms with E-state index in [-0.39, 0.29) is 17.9 Å². The number of halogens is 1. The molecule has 0 radical (unpaired) electrons. The Hall–Kier alpha value is -1.59. The third kappa shape index (κ3) is 4.73. The lowest BCUT2D eigenvalue weighted by molar-refractivity contribution is -0.135. The summed E-state index contributed by atoms with van der Waals surface area (Å²) in [4.78, 5) is 28.9. The summed E-state index contributed by atoms with van der Waals surface area (Å²) in [6.07, 6.45) is 4.50. The molecule has 0 spiro atoms. The van der Waals surface area contributed by atoms with Gasteiger partial charge in [0.15, 0.2) is 0 Å². The van der Waals surface area contributed by atoms with Gasteiger partial charge in [0.05, 0.1) is 23.1 Å². The lowest BCUT2D eigenvalue weighted by Gasteiger charge is -2.26. The number of amides is 2. The Morgan fingerprint density at radius 3 is 2.56 bits per heavy atom. The highest BCUT2D eigenvalue weighted by atomic mass is 35.5. The first-order chi connectivity index (χ1) is 12.1. The van der Waals surface area contributed by atoms with Gasteiger partial charge in [-0.25, -0.2) is 0 Å². The molecule has 2 amide bonds. The maximum absolute atomic E-state index is 12.7. The van der Waals surface area contributed by atoms with Crippen LogP contribution in [0.2, 0.25) is 5.02 Å². The summed E-state index contributed by atoms with van der Waals surface area (Å²) in [5.74, 6) is 0.0782. The fraction of sp³-hybridized carbons (Fsp3) is 0.579. The monoisotopic (exact) mass is 364 g/mol. The van der Waals surface area contributed by atoms with E-state index in [4.69, 9.17) is 16.3 Å². The maximum Gasteiger partial charge on any atom is 0.255 e. The molecule has 1 unspecified atom stereocenters. The summed E-state index contributed by atoms with van der Waals surface area (Å²) in [5, 5.41) is 0.471. The van der Waals surface area contributed by atoms with Crippen molar-refractivity contribution in [3.63, 3.8) is 0 Å². The summed E-state index contributed by atoms with van der Waals surface area (Å²) < 4.78 is 5.67. The Bertz CT molecular complexity index is 616. The molecule has 2 aliphatic rings. The van der Waals surface area contributed by atoms with Crippen molar-refractivity contribution >= 4 is 23.4 Å². The highest BCUT2D eigenvalue weighted by Gasteiger charge is 2.26. The fourth-order valence-corrected chi connectivity index (χ4v) is 3.68. The van der Waals surface area contributed by atoms with E-state index in [1.54, 1.807) is 17.0 Å². The molecule has 3 rings (SSSR count). The molecule has 2 saturated heterocycles. The Kier molecular flexibility index (Phi) is 6.32. The van der Waals surface area contributed by atoms with Gasteiger partial charge in [-0.15, -0.1) is 0 Å². The molecule has 1 aromatic rings. The molecule has 6 heteroatoms.